The van der Waals surface area contributed by atoms with Gasteiger partial charge in [-0.25, -0.2) is 0 Å². The average molecular weight is 264 g/mol. The quantitative estimate of drug-likeness (QED) is 0.789. The second-order valence-electron chi connectivity index (χ2n) is 5.46. The molecule has 2 aromatic rings. The maximum Gasteiger partial charge on any atom is 0.256 e. The smallest absolute Gasteiger partial charge is 0.256 e. The Kier molecular flexibility index (Phi) is 2.30. The topological polar surface area (TPSA) is 23.6 Å². The van der Waals surface area contributed by atoms with Crippen LogP contribution in [0, 0.1) is 0 Å². The monoisotopic (exact) mass is 264 g/mol. The van der Waals surface area contributed by atoms with Gasteiger partial charge in [-0.05, 0) is 18.7 Å². The third-order valence-electron chi connectivity index (χ3n) is 4.56. The fraction of sp³-hybridized carbons (Fsp3) is 0.235. The highest BCUT2D eigenvalue weighted by Crippen LogP contribution is 2.48. The number of amides is 1. The summed E-state index contributed by atoms with van der Waals surface area (Å²) in [5.41, 5.74) is 2.69. The van der Waals surface area contributed by atoms with Gasteiger partial charge in [-0.1, -0.05) is 48.5 Å². The summed E-state index contributed by atoms with van der Waals surface area (Å²) in [6, 6.07) is 18.3. The number of likely N-dealkylation sites (N-methyl/N-ethyl adjacent to an activating group) is 1. The lowest BCUT2D eigenvalue weighted by Crippen LogP contribution is -2.47. The van der Waals surface area contributed by atoms with Crippen LogP contribution in [0.1, 0.15) is 21.5 Å². The SMILES string of the molecule is CN1CCN2C(=O)c3ccccc3C12c1ccccc1. The van der Waals surface area contributed by atoms with Crippen LogP contribution in [0.25, 0.3) is 0 Å². The predicted octanol–water partition coefficient (Wildman–Crippen LogP) is 2.29. The first kappa shape index (κ1) is 11.7. The van der Waals surface area contributed by atoms with Crippen molar-refractivity contribution in [2.45, 2.75) is 5.66 Å². The Morgan fingerprint density at radius 3 is 2.45 bits per heavy atom. The van der Waals surface area contributed by atoms with Crippen molar-refractivity contribution in [3.8, 4) is 0 Å². The summed E-state index contributed by atoms with van der Waals surface area (Å²) in [4.78, 5) is 17.0. The van der Waals surface area contributed by atoms with Gasteiger partial charge in [0.05, 0.1) is 0 Å². The summed E-state index contributed by atoms with van der Waals surface area (Å²) in [6.45, 7) is 1.67. The van der Waals surface area contributed by atoms with Crippen LogP contribution in [0.5, 0.6) is 0 Å². The van der Waals surface area contributed by atoms with Crippen molar-refractivity contribution in [3.63, 3.8) is 0 Å². The van der Waals surface area contributed by atoms with E-state index in [1.165, 1.54) is 5.56 Å². The van der Waals surface area contributed by atoms with Gasteiger partial charge in [0.15, 0.2) is 0 Å². The van der Waals surface area contributed by atoms with E-state index in [4.69, 9.17) is 0 Å². The summed E-state index contributed by atoms with van der Waals surface area (Å²) < 4.78 is 0. The van der Waals surface area contributed by atoms with Crippen LogP contribution in [0.3, 0.4) is 0 Å². The molecule has 1 saturated heterocycles. The van der Waals surface area contributed by atoms with E-state index in [1.54, 1.807) is 0 Å². The van der Waals surface area contributed by atoms with Gasteiger partial charge in [-0.3, -0.25) is 9.69 Å². The minimum atomic E-state index is -0.422. The minimum Gasteiger partial charge on any atom is -0.311 e. The third kappa shape index (κ3) is 1.21. The highest BCUT2D eigenvalue weighted by Gasteiger charge is 2.56. The molecule has 1 atom stereocenters. The number of hydrogen-bond acceptors (Lipinski definition) is 2. The van der Waals surface area contributed by atoms with Crippen molar-refractivity contribution in [3.05, 3.63) is 71.3 Å². The first-order chi connectivity index (χ1) is 9.76. The number of carbonyl (C=O) groups excluding carboxylic acids is 1. The molecule has 2 aliphatic heterocycles. The Hall–Kier alpha value is -2.13. The van der Waals surface area contributed by atoms with Crippen LogP contribution in [0.2, 0.25) is 0 Å². The van der Waals surface area contributed by atoms with Crippen molar-refractivity contribution in [2.24, 2.45) is 0 Å². The average Bonchev–Trinajstić information content (AvgIpc) is 2.97. The lowest BCUT2D eigenvalue weighted by molar-refractivity contribution is 0.0527. The van der Waals surface area contributed by atoms with Crippen LogP contribution in [0.4, 0.5) is 0 Å². The van der Waals surface area contributed by atoms with Crippen LogP contribution in [-0.2, 0) is 5.66 Å². The van der Waals surface area contributed by atoms with Gasteiger partial charge in [0.25, 0.3) is 5.91 Å². The van der Waals surface area contributed by atoms with E-state index in [2.05, 4.69) is 30.1 Å². The first-order valence-electron chi connectivity index (χ1n) is 6.94. The molecule has 3 nitrogen and oxygen atoms in total. The van der Waals surface area contributed by atoms with E-state index in [0.29, 0.717) is 0 Å². The van der Waals surface area contributed by atoms with Crippen molar-refractivity contribution >= 4 is 5.91 Å². The Balaban J connectivity index is 2.05. The van der Waals surface area contributed by atoms with Crippen molar-refractivity contribution in [1.29, 1.82) is 0 Å². The molecule has 2 aliphatic rings. The summed E-state index contributed by atoms with van der Waals surface area (Å²) >= 11 is 0. The van der Waals surface area contributed by atoms with Gasteiger partial charge in [0.2, 0.25) is 0 Å². The molecule has 4 rings (SSSR count). The largest absolute Gasteiger partial charge is 0.311 e. The zero-order chi connectivity index (χ0) is 13.7. The Bertz CT molecular complexity index is 682. The van der Waals surface area contributed by atoms with Crippen molar-refractivity contribution < 1.29 is 4.79 Å². The second kappa shape index (κ2) is 3.93. The number of carbonyl (C=O) groups is 1. The van der Waals surface area contributed by atoms with Crippen LogP contribution >= 0.6 is 0 Å². The van der Waals surface area contributed by atoms with Crippen molar-refractivity contribution in [2.75, 3.05) is 20.1 Å². The standard InChI is InChI=1S/C17H16N2O/c1-18-11-12-19-16(20)14-9-5-6-10-15(14)17(18,19)13-7-3-2-4-8-13/h2-10H,11-12H2,1H3. The molecule has 0 saturated carbocycles. The predicted molar refractivity (Wildman–Crippen MR) is 77.3 cm³/mol. The fourth-order valence-corrected chi connectivity index (χ4v) is 3.70. The van der Waals surface area contributed by atoms with Gasteiger partial charge >= 0.3 is 0 Å². The molecule has 0 aliphatic carbocycles. The molecule has 0 radical (unpaired) electrons. The fourth-order valence-electron chi connectivity index (χ4n) is 3.70. The lowest BCUT2D eigenvalue weighted by atomic mass is 9.90. The summed E-state index contributed by atoms with van der Waals surface area (Å²) in [5.74, 6) is 0.147. The first-order valence-corrected chi connectivity index (χ1v) is 6.94. The Labute approximate surface area is 118 Å². The molecule has 0 bridgehead atoms. The van der Waals surface area contributed by atoms with E-state index in [-0.39, 0.29) is 5.91 Å². The zero-order valence-electron chi connectivity index (χ0n) is 11.4. The molecule has 1 amide bonds. The van der Waals surface area contributed by atoms with Crippen LogP contribution in [0.15, 0.2) is 54.6 Å². The number of hydrogen-bond donors (Lipinski definition) is 0. The van der Waals surface area contributed by atoms with E-state index >= 15 is 0 Å². The maximum absolute atomic E-state index is 12.7. The molecule has 0 N–H and O–H groups in total. The van der Waals surface area contributed by atoms with Crippen LogP contribution < -0.4 is 0 Å². The maximum atomic E-state index is 12.7. The van der Waals surface area contributed by atoms with Gasteiger partial charge in [0.1, 0.15) is 5.66 Å². The molecular formula is C17H16N2O. The number of fused-ring (bicyclic) bond motifs is 3. The Morgan fingerprint density at radius 1 is 0.950 bits per heavy atom. The van der Waals surface area contributed by atoms with E-state index in [1.807, 2.05) is 41.3 Å². The van der Waals surface area contributed by atoms with E-state index < -0.39 is 5.66 Å². The van der Waals surface area contributed by atoms with Gasteiger partial charge in [-0.2, -0.15) is 0 Å². The molecule has 1 fully saturated rings. The number of rotatable bonds is 1. The number of benzene rings is 2. The molecule has 100 valence electrons. The molecule has 0 aromatic heterocycles. The molecular weight excluding hydrogens is 248 g/mol. The third-order valence-corrected chi connectivity index (χ3v) is 4.56. The molecule has 1 unspecified atom stereocenters. The molecule has 0 spiro atoms. The van der Waals surface area contributed by atoms with Gasteiger partial charge < -0.3 is 4.90 Å². The highest BCUT2D eigenvalue weighted by molar-refractivity contribution is 6.01. The minimum absolute atomic E-state index is 0.147. The Morgan fingerprint density at radius 2 is 1.65 bits per heavy atom. The molecule has 3 heteroatoms. The van der Waals surface area contributed by atoms with Crippen molar-refractivity contribution in [1.82, 2.24) is 9.80 Å². The summed E-state index contributed by atoms with van der Waals surface area (Å²) in [5, 5.41) is 0. The molecule has 2 heterocycles. The lowest BCUT2D eigenvalue weighted by Gasteiger charge is -2.38. The zero-order valence-corrected chi connectivity index (χ0v) is 11.4. The van der Waals surface area contributed by atoms with Crippen LogP contribution in [-0.4, -0.2) is 35.8 Å². The highest BCUT2D eigenvalue weighted by atomic mass is 16.2. The molecule has 2 aromatic carbocycles. The normalized spacial score (nSPS) is 24.9. The van der Waals surface area contributed by atoms with Gasteiger partial charge in [-0.15, -0.1) is 0 Å². The van der Waals surface area contributed by atoms with E-state index in [9.17, 15) is 4.79 Å². The summed E-state index contributed by atoms with van der Waals surface area (Å²) in [7, 11) is 2.10. The van der Waals surface area contributed by atoms with Gasteiger partial charge in [0, 0.05) is 24.2 Å². The number of nitrogens with zero attached hydrogens (tertiary/aromatic N) is 2. The summed E-state index contributed by atoms with van der Waals surface area (Å²) in [6.07, 6.45) is 0. The molecule has 20 heavy (non-hydrogen) atoms. The van der Waals surface area contributed by atoms with E-state index in [0.717, 1.165) is 24.2 Å². The second-order valence-corrected chi connectivity index (χ2v) is 5.46.